The fourth-order valence-electron chi connectivity index (χ4n) is 9.23. The van der Waals surface area contributed by atoms with Gasteiger partial charge in [0.1, 0.15) is 11.4 Å². The van der Waals surface area contributed by atoms with Crippen LogP contribution >= 0.6 is 0 Å². The first-order valence-corrected chi connectivity index (χ1v) is 13.4. The predicted octanol–water partition coefficient (Wildman–Crippen LogP) is 4.87. The summed E-state index contributed by atoms with van der Waals surface area (Å²) in [7, 11) is -0.311. The highest BCUT2D eigenvalue weighted by molar-refractivity contribution is 6.48. The van der Waals surface area contributed by atoms with Gasteiger partial charge in [-0.25, -0.2) is 0 Å². The summed E-state index contributed by atoms with van der Waals surface area (Å²) in [5, 5.41) is 0. The lowest BCUT2D eigenvalue weighted by atomic mass is 9.45. The number of carbonyl (C=O) groups is 3. The van der Waals surface area contributed by atoms with E-state index in [9.17, 15) is 14.4 Å². The monoisotopic (exact) mass is 452 g/mol. The van der Waals surface area contributed by atoms with Gasteiger partial charge < -0.3 is 9.31 Å². The normalized spacial score (nSPS) is 46.1. The van der Waals surface area contributed by atoms with Crippen molar-refractivity contribution in [2.45, 2.75) is 102 Å². The molecule has 0 radical (unpaired) electrons. The van der Waals surface area contributed by atoms with Crippen molar-refractivity contribution < 1.29 is 23.7 Å². The van der Waals surface area contributed by atoms with Gasteiger partial charge in [-0.05, 0) is 61.2 Å². The summed E-state index contributed by atoms with van der Waals surface area (Å²) in [6.07, 6.45) is 13.0. The standard InChI is InChI=1S/C27H37BO5/c1-25-12-10-19(29)14-17(25)8-9-20-21-11-13-27(26(21,2)15-22(30)24(20)25)23(31)16-32-28(33-27)18-6-4-3-5-7-18/h14,18,20-21,24H,3-13,15-16H2,1-2H3/t20-,21-,24+,25-,26-,27-/m0/s1. The van der Waals surface area contributed by atoms with E-state index < -0.39 is 11.0 Å². The molecule has 1 aliphatic heterocycles. The van der Waals surface area contributed by atoms with Gasteiger partial charge in [0.15, 0.2) is 11.6 Å². The van der Waals surface area contributed by atoms with Gasteiger partial charge in [-0.15, -0.1) is 0 Å². The van der Waals surface area contributed by atoms with E-state index in [-0.39, 0.29) is 42.5 Å². The maximum atomic E-state index is 13.9. The number of Topliss-reactive ketones (excluding diaryl/α,β-unsaturated/α-hetero) is 2. The average molecular weight is 452 g/mol. The Bertz CT molecular complexity index is 921. The second-order valence-corrected chi connectivity index (χ2v) is 12.4. The maximum Gasteiger partial charge on any atom is 0.461 e. The summed E-state index contributed by atoms with van der Waals surface area (Å²) in [4.78, 5) is 39.5. The van der Waals surface area contributed by atoms with E-state index in [4.69, 9.17) is 9.31 Å². The molecule has 1 spiro atoms. The molecule has 0 unspecified atom stereocenters. The van der Waals surface area contributed by atoms with E-state index in [0.29, 0.717) is 36.8 Å². The molecule has 5 aliphatic carbocycles. The predicted molar refractivity (Wildman–Crippen MR) is 124 cm³/mol. The molecule has 178 valence electrons. The summed E-state index contributed by atoms with van der Waals surface area (Å²) in [6, 6.07) is 0. The van der Waals surface area contributed by atoms with Gasteiger partial charge in [0.2, 0.25) is 0 Å². The highest BCUT2D eigenvalue weighted by atomic mass is 16.6. The van der Waals surface area contributed by atoms with Crippen LogP contribution in [0.3, 0.4) is 0 Å². The molecule has 6 atom stereocenters. The van der Waals surface area contributed by atoms with Gasteiger partial charge in [0, 0.05) is 24.2 Å². The van der Waals surface area contributed by atoms with Crippen molar-refractivity contribution in [1.29, 1.82) is 0 Å². The number of allylic oxidation sites excluding steroid dienone is 1. The Balaban J connectivity index is 1.33. The first-order chi connectivity index (χ1) is 15.8. The topological polar surface area (TPSA) is 69.7 Å². The van der Waals surface area contributed by atoms with E-state index in [2.05, 4.69) is 13.8 Å². The molecule has 0 aromatic heterocycles. The summed E-state index contributed by atoms with van der Waals surface area (Å²) in [5.41, 5.74) is -0.337. The van der Waals surface area contributed by atoms with Gasteiger partial charge in [0.25, 0.3) is 0 Å². The van der Waals surface area contributed by atoms with E-state index in [0.717, 1.165) is 38.5 Å². The molecule has 0 amide bonds. The van der Waals surface area contributed by atoms with Crippen LogP contribution in [0.1, 0.15) is 90.9 Å². The molecule has 6 rings (SSSR count). The number of carbonyl (C=O) groups excluding carboxylic acids is 3. The van der Waals surface area contributed by atoms with Crippen LogP contribution in [0.4, 0.5) is 0 Å². The van der Waals surface area contributed by atoms with Crippen molar-refractivity contribution >= 4 is 24.5 Å². The average Bonchev–Trinajstić information content (AvgIpc) is 3.08. The molecular weight excluding hydrogens is 415 g/mol. The van der Waals surface area contributed by atoms with Crippen molar-refractivity contribution in [1.82, 2.24) is 0 Å². The molecule has 4 saturated carbocycles. The van der Waals surface area contributed by atoms with Gasteiger partial charge in [0.05, 0.1) is 6.61 Å². The molecule has 0 bridgehead atoms. The van der Waals surface area contributed by atoms with Gasteiger partial charge in [-0.2, -0.15) is 0 Å². The summed E-state index contributed by atoms with van der Waals surface area (Å²) >= 11 is 0. The Labute approximate surface area is 197 Å². The van der Waals surface area contributed by atoms with E-state index in [1.54, 1.807) is 0 Å². The Morgan fingerprint density at radius 2 is 1.76 bits per heavy atom. The molecule has 0 aromatic carbocycles. The number of hydrogen-bond acceptors (Lipinski definition) is 5. The van der Waals surface area contributed by atoms with Crippen LogP contribution in [0.2, 0.25) is 5.82 Å². The lowest BCUT2D eigenvalue weighted by molar-refractivity contribution is -0.174. The van der Waals surface area contributed by atoms with E-state index >= 15 is 0 Å². The second kappa shape index (κ2) is 7.62. The minimum absolute atomic E-state index is 0.0251. The molecule has 6 aliphatic rings. The van der Waals surface area contributed by atoms with Crippen LogP contribution in [-0.2, 0) is 23.7 Å². The highest BCUT2D eigenvalue weighted by Crippen LogP contribution is 2.68. The van der Waals surface area contributed by atoms with Crippen molar-refractivity contribution in [2.24, 2.45) is 28.6 Å². The van der Waals surface area contributed by atoms with Crippen molar-refractivity contribution in [3.8, 4) is 0 Å². The molecule has 0 N–H and O–H groups in total. The summed E-state index contributed by atoms with van der Waals surface area (Å²) in [6.45, 7) is 4.53. The lowest BCUT2D eigenvalue weighted by Gasteiger charge is -2.59. The fraction of sp³-hybridized carbons (Fsp3) is 0.815. The van der Waals surface area contributed by atoms with Gasteiger partial charge in [-0.1, -0.05) is 51.5 Å². The third-order valence-corrected chi connectivity index (χ3v) is 11.0. The van der Waals surface area contributed by atoms with Crippen molar-refractivity contribution in [3.05, 3.63) is 11.6 Å². The first-order valence-electron chi connectivity index (χ1n) is 13.4. The lowest BCUT2D eigenvalue weighted by Crippen LogP contribution is -2.65. The van der Waals surface area contributed by atoms with Gasteiger partial charge >= 0.3 is 7.12 Å². The third-order valence-electron chi connectivity index (χ3n) is 11.0. The zero-order valence-electron chi connectivity index (χ0n) is 20.2. The van der Waals surface area contributed by atoms with Gasteiger partial charge in [-0.3, -0.25) is 14.4 Å². The quantitative estimate of drug-likeness (QED) is 0.531. The molecule has 1 saturated heterocycles. The fourth-order valence-corrected chi connectivity index (χ4v) is 9.23. The van der Waals surface area contributed by atoms with Crippen LogP contribution in [0, 0.1) is 28.6 Å². The van der Waals surface area contributed by atoms with E-state index in [1.165, 1.54) is 24.8 Å². The number of fused-ring (bicyclic) bond motifs is 6. The zero-order valence-corrected chi connectivity index (χ0v) is 20.2. The number of hydrogen-bond donors (Lipinski definition) is 0. The van der Waals surface area contributed by atoms with Crippen LogP contribution in [-0.4, -0.2) is 36.7 Å². The molecule has 1 heterocycles. The third kappa shape index (κ3) is 3.02. The molecule has 5 nitrogen and oxygen atoms in total. The highest BCUT2D eigenvalue weighted by Gasteiger charge is 2.71. The van der Waals surface area contributed by atoms with Crippen LogP contribution in [0.25, 0.3) is 0 Å². The second-order valence-electron chi connectivity index (χ2n) is 12.4. The van der Waals surface area contributed by atoms with Crippen molar-refractivity contribution in [3.63, 3.8) is 0 Å². The number of ketones is 3. The zero-order chi connectivity index (χ0) is 23.0. The minimum atomic E-state index is -0.877. The Hall–Kier alpha value is -1.27. The summed E-state index contributed by atoms with van der Waals surface area (Å²) < 4.78 is 12.7. The molecule has 5 fully saturated rings. The number of rotatable bonds is 1. The Kier molecular flexibility index (Phi) is 5.13. The molecule has 33 heavy (non-hydrogen) atoms. The SMILES string of the molecule is C[C@]12CCC(=O)C=C1CC[C@@H]1[C@@H]2C(=O)C[C@@]2(C)[C@H]1CC[C@@]21OB(C2CCCCC2)OCC1=O. The maximum absolute atomic E-state index is 13.9. The largest absolute Gasteiger partial charge is 0.461 e. The van der Waals surface area contributed by atoms with Crippen molar-refractivity contribution in [2.75, 3.05) is 6.61 Å². The Morgan fingerprint density at radius 3 is 2.55 bits per heavy atom. The molecule has 6 heteroatoms. The van der Waals surface area contributed by atoms with Crippen LogP contribution in [0.15, 0.2) is 11.6 Å². The van der Waals surface area contributed by atoms with Crippen LogP contribution < -0.4 is 0 Å². The summed E-state index contributed by atoms with van der Waals surface area (Å²) in [5.74, 6) is 1.48. The smallest absolute Gasteiger partial charge is 0.403 e. The molecular formula is C27H37BO5. The van der Waals surface area contributed by atoms with Crippen LogP contribution in [0.5, 0.6) is 0 Å². The van der Waals surface area contributed by atoms with E-state index in [1.807, 2.05) is 6.08 Å². The Morgan fingerprint density at radius 1 is 0.970 bits per heavy atom. The minimum Gasteiger partial charge on any atom is -0.403 e. The molecule has 0 aromatic rings. The first kappa shape index (κ1) is 22.2.